The highest BCUT2D eigenvalue weighted by Gasteiger charge is 2.39. The van der Waals surface area contributed by atoms with Crippen molar-refractivity contribution in [2.45, 2.75) is 24.4 Å². The zero-order valence-electron chi connectivity index (χ0n) is 6.43. The molecular weight excluding hydrogens is 179 g/mol. The zero-order valence-corrected chi connectivity index (χ0v) is 7.18. The van der Waals surface area contributed by atoms with Crippen LogP contribution in [0.3, 0.4) is 0 Å². The van der Waals surface area contributed by atoms with Gasteiger partial charge >= 0.3 is 0 Å². The summed E-state index contributed by atoms with van der Waals surface area (Å²) in [5.74, 6) is -0.899. The molecule has 0 aromatic rings. The third-order valence-corrected chi connectivity index (χ3v) is 2.50. The summed E-state index contributed by atoms with van der Waals surface area (Å²) in [5.41, 5.74) is 0. The molecule has 12 heavy (non-hydrogen) atoms. The molecule has 0 heterocycles. The van der Waals surface area contributed by atoms with Gasteiger partial charge in [0.2, 0.25) is 0 Å². The van der Waals surface area contributed by atoms with Crippen LogP contribution in [0.1, 0.15) is 19.3 Å². The van der Waals surface area contributed by atoms with Gasteiger partial charge in [0.25, 0.3) is 0 Å². The van der Waals surface area contributed by atoms with Crippen molar-refractivity contribution in [3.05, 3.63) is 0 Å². The molecule has 0 aromatic heterocycles. The maximum absolute atomic E-state index is 13.1. The smallest absolute Gasteiger partial charge is 0.185 e. The quantitative estimate of drug-likeness (QED) is 0.546. The maximum Gasteiger partial charge on any atom is 0.185 e. The van der Waals surface area contributed by atoms with E-state index >= 15 is 0 Å². The van der Waals surface area contributed by atoms with Gasteiger partial charge in [-0.25, -0.2) is 4.39 Å². The van der Waals surface area contributed by atoms with E-state index in [-0.39, 0.29) is 18.8 Å². The van der Waals surface area contributed by atoms with Gasteiger partial charge in [-0.3, -0.25) is 0 Å². The van der Waals surface area contributed by atoms with Crippen LogP contribution < -0.4 is 0 Å². The van der Waals surface area contributed by atoms with Gasteiger partial charge in [0.05, 0.1) is 24.0 Å². The molecule has 3 unspecified atom stereocenters. The molecule has 0 aliphatic heterocycles. The average Bonchev–Trinajstić information content (AvgIpc) is 2.03. The summed E-state index contributed by atoms with van der Waals surface area (Å²) in [5, 5.41) is 15.4. The van der Waals surface area contributed by atoms with Gasteiger partial charge in [0.1, 0.15) is 0 Å². The number of nitriles is 2. The Balaban J connectivity index is 2.69. The standard InChI is InChI=1S/C8H8ClFN2/c9-8(10)2-1-6(4-11)7(3-8)5-12/h6-7H,1-3H2. The summed E-state index contributed by atoms with van der Waals surface area (Å²) in [4.78, 5) is 0. The SMILES string of the molecule is N#CC1CCC(F)(Cl)CC1C#N. The molecule has 3 atom stereocenters. The monoisotopic (exact) mass is 186 g/mol. The van der Waals surface area contributed by atoms with Crippen molar-refractivity contribution in [2.75, 3.05) is 0 Å². The molecule has 0 aromatic carbocycles. The number of hydrogen-bond donors (Lipinski definition) is 0. The second-order valence-electron chi connectivity index (χ2n) is 3.07. The molecule has 0 spiro atoms. The lowest BCUT2D eigenvalue weighted by Crippen LogP contribution is -2.30. The molecule has 0 amide bonds. The molecule has 0 radical (unpaired) electrons. The van der Waals surface area contributed by atoms with Crippen LogP contribution in [0.5, 0.6) is 0 Å². The van der Waals surface area contributed by atoms with Crippen LogP contribution in [0, 0.1) is 34.5 Å². The lowest BCUT2D eigenvalue weighted by molar-refractivity contribution is 0.156. The Bertz CT molecular complexity index is 251. The van der Waals surface area contributed by atoms with Crippen molar-refractivity contribution in [1.82, 2.24) is 0 Å². The van der Waals surface area contributed by atoms with Gasteiger partial charge in [0, 0.05) is 6.42 Å². The maximum atomic E-state index is 13.1. The molecule has 1 aliphatic rings. The topological polar surface area (TPSA) is 47.6 Å². The molecule has 1 rings (SSSR count). The van der Waals surface area contributed by atoms with E-state index < -0.39 is 11.0 Å². The summed E-state index contributed by atoms with van der Waals surface area (Å²) < 4.78 is 13.1. The van der Waals surface area contributed by atoms with E-state index in [0.29, 0.717) is 6.42 Å². The van der Waals surface area contributed by atoms with E-state index in [0.717, 1.165) is 0 Å². The van der Waals surface area contributed by atoms with Crippen molar-refractivity contribution < 1.29 is 4.39 Å². The van der Waals surface area contributed by atoms with Crippen LogP contribution in [0.2, 0.25) is 0 Å². The van der Waals surface area contributed by atoms with Crippen molar-refractivity contribution in [3.63, 3.8) is 0 Å². The minimum atomic E-state index is -1.77. The Morgan fingerprint density at radius 3 is 2.42 bits per heavy atom. The first-order chi connectivity index (χ1) is 5.59. The fourth-order valence-corrected chi connectivity index (χ4v) is 1.70. The molecule has 0 bridgehead atoms. The van der Waals surface area contributed by atoms with Crippen molar-refractivity contribution in [2.24, 2.45) is 11.8 Å². The van der Waals surface area contributed by atoms with Crippen LogP contribution in [-0.2, 0) is 0 Å². The zero-order chi connectivity index (χ0) is 9.19. The first kappa shape index (κ1) is 9.29. The van der Waals surface area contributed by atoms with Crippen molar-refractivity contribution in [3.8, 4) is 12.1 Å². The number of rotatable bonds is 0. The summed E-state index contributed by atoms with van der Waals surface area (Å²) in [7, 11) is 0. The predicted molar refractivity (Wildman–Crippen MR) is 41.7 cm³/mol. The predicted octanol–water partition coefficient (Wildman–Crippen LogP) is 2.35. The Kier molecular flexibility index (Phi) is 2.55. The first-order valence-corrected chi connectivity index (χ1v) is 4.14. The second-order valence-corrected chi connectivity index (χ2v) is 3.75. The molecular formula is C8H8ClFN2. The van der Waals surface area contributed by atoms with Gasteiger partial charge in [-0.1, -0.05) is 11.6 Å². The summed E-state index contributed by atoms with van der Waals surface area (Å²) in [6, 6.07) is 3.91. The Hall–Kier alpha value is -0.800. The van der Waals surface area contributed by atoms with E-state index in [1.165, 1.54) is 0 Å². The normalized spacial score (nSPS) is 41.3. The molecule has 64 valence electrons. The van der Waals surface area contributed by atoms with Gasteiger partial charge in [-0.2, -0.15) is 10.5 Å². The first-order valence-electron chi connectivity index (χ1n) is 3.76. The van der Waals surface area contributed by atoms with E-state index in [4.69, 9.17) is 22.1 Å². The lowest BCUT2D eigenvalue weighted by Gasteiger charge is -2.29. The van der Waals surface area contributed by atoms with Gasteiger partial charge in [-0.05, 0) is 12.8 Å². The molecule has 2 nitrogen and oxygen atoms in total. The fourth-order valence-electron chi connectivity index (χ4n) is 1.42. The minimum Gasteiger partial charge on any atom is -0.226 e. The number of nitrogens with zero attached hydrogens (tertiary/aromatic N) is 2. The highest BCUT2D eigenvalue weighted by molar-refractivity contribution is 6.22. The minimum absolute atomic E-state index is 0.0245. The summed E-state index contributed by atoms with van der Waals surface area (Å²) in [6.45, 7) is 0. The van der Waals surface area contributed by atoms with Crippen LogP contribution in [0.15, 0.2) is 0 Å². The lowest BCUT2D eigenvalue weighted by atomic mass is 9.80. The summed E-state index contributed by atoms with van der Waals surface area (Å²) in [6.07, 6.45) is 0.531. The van der Waals surface area contributed by atoms with E-state index in [1.54, 1.807) is 0 Å². The molecule has 4 heteroatoms. The van der Waals surface area contributed by atoms with Gasteiger partial charge in [-0.15, -0.1) is 0 Å². The Labute approximate surface area is 75.5 Å². The highest BCUT2D eigenvalue weighted by atomic mass is 35.5. The highest BCUT2D eigenvalue weighted by Crippen LogP contribution is 2.41. The molecule has 0 N–H and O–H groups in total. The van der Waals surface area contributed by atoms with Gasteiger partial charge in [0.15, 0.2) is 5.13 Å². The number of alkyl halides is 2. The largest absolute Gasteiger partial charge is 0.226 e. The van der Waals surface area contributed by atoms with Crippen molar-refractivity contribution >= 4 is 11.6 Å². The second kappa shape index (κ2) is 3.29. The van der Waals surface area contributed by atoms with Gasteiger partial charge < -0.3 is 0 Å². The number of halogens is 2. The molecule has 0 saturated heterocycles. The average molecular weight is 187 g/mol. The van der Waals surface area contributed by atoms with Crippen LogP contribution in [0.4, 0.5) is 4.39 Å². The van der Waals surface area contributed by atoms with Crippen LogP contribution in [-0.4, -0.2) is 5.13 Å². The third-order valence-electron chi connectivity index (χ3n) is 2.16. The fraction of sp³-hybridized carbons (Fsp3) is 0.750. The molecule has 1 saturated carbocycles. The molecule has 1 aliphatic carbocycles. The van der Waals surface area contributed by atoms with Crippen molar-refractivity contribution in [1.29, 1.82) is 10.5 Å². The van der Waals surface area contributed by atoms with E-state index in [2.05, 4.69) is 0 Å². The third kappa shape index (κ3) is 1.87. The van der Waals surface area contributed by atoms with Crippen LogP contribution in [0.25, 0.3) is 0 Å². The Morgan fingerprint density at radius 2 is 1.92 bits per heavy atom. The number of hydrogen-bond acceptors (Lipinski definition) is 2. The molecule has 1 fully saturated rings. The Morgan fingerprint density at radius 1 is 1.33 bits per heavy atom. The van der Waals surface area contributed by atoms with Crippen LogP contribution >= 0.6 is 11.6 Å². The summed E-state index contributed by atoms with van der Waals surface area (Å²) >= 11 is 5.44. The van der Waals surface area contributed by atoms with E-state index in [1.807, 2.05) is 12.1 Å². The van der Waals surface area contributed by atoms with E-state index in [9.17, 15) is 4.39 Å².